The first-order valence-corrected chi connectivity index (χ1v) is 12.2. The van der Waals surface area contributed by atoms with Gasteiger partial charge in [-0.2, -0.15) is 8.78 Å². The van der Waals surface area contributed by atoms with Gasteiger partial charge in [-0.25, -0.2) is 13.1 Å². The highest BCUT2D eigenvalue weighted by atomic mass is 32.2. The predicted molar refractivity (Wildman–Crippen MR) is 115 cm³/mol. The van der Waals surface area contributed by atoms with Crippen molar-refractivity contribution in [2.75, 3.05) is 31.2 Å². The van der Waals surface area contributed by atoms with Crippen molar-refractivity contribution < 1.29 is 26.4 Å². The molecule has 0 aliphatic carbocycles. The molecule has 0 radical (unpaired) electrons. The molecule has 12 nitrogen and oxygen atoms in total. The molecule has 34 heavy (non-hydrogen) atoms. The smallest absolute Gasteiger partial charge is 0.314 e. The lowest BCUT2D eigenvalue weighted by Crippen LogP contribution is -2.59. The highest BCUT2D eigenvalue weighted by Gasteiger charge is 2.38. The van der Waals surface area contributed by atoms with Crippen molar-refractivity contribution in [1.29, 1.82) is 0 Å². The number of nitrogens with zero attached hydrogens (tertiary/aromatic N) is 6. The van der Waals surface area contributed by atoms with E-state index in [4.69, 9.17) is 9.15 Å². The van der Waals surface area contributed by atoms with Gasteiger partial charge in [-0.15, -0.1) is 20.4 Å². The summed E-state index contributed by atoms with van der Waals surface area (Å²) in [6, 6.07) is 1.82. The Morgan fingerprint density at radius 1 is 1.18 bits per heavy atom. The minimum atomic E-state index is -3.98. The zero-order chi connectivity index (χ0) is 24.3. The molecule has 15 heteroatoms. The third-order valence-corrected chi connectivity index (χ3v) is 7.31. The molecule has 5 heterocycles. The molecule has 2 atom stereocenters. The normalized spacial score (nSPS) is 22.9. The number of fused-ring (bicyclic) bond motifs is 1. The van der Waals surface area contributed by atoms with Gasteiger partial charge in [-0.1, -0.05) is 0 Å². The van der Waals surface area contributed by atoms with E-state index in [-0.39, 0.29) is 41.9 Å². The minimum Gasteiger partial charge on any atom is -0.412 e. The number of pyridine rings is 1. The van der Waals surface area contributed by atoms with Crippen LogP contribution in [0.4, 0.5) is 14.5 Å². The van der Waals surface area contributed by atoms with Crippen LogP contribution in [0.1, 0.15) is 33.1 Å². The molecule has 0 aromatic carbocycles. The fourth-order valence-corrected chi connectivity index (χ4v) is 5.66. The van der Waals surface area contributed by atoms with Crippen LogP contribution < -0.4 is 14.9 Å². The Balaban J connectivity index is 1.65. The maximum absolute atomic E-state index is 13.3. The van der Waals surface area contributed by atoms with Gasteiger partial charge >= 0.3 is 6.43 Å². The van der Waals surface area contributed by atoms with Crippen LogP contribution in [0.2, 0.25) is 0 Å². The van der Waals surface area contributed by atoms with Crippen LogP contribution in [0, 0.1) is 0 Å². The molecule has 184 valence electrons. The quantitative estimate of drug-likeness (QED) is 0.505. The van der Waals surface area contributed by atoms with Crippen LogP contribution in [0.5, 0.6) is 0 Å². The van der Waals surface area contributed by atoms with Gasteiger partial charge in [0.25, 0.3) is 11.8 Å². The molecule has 0 saturated carbocycles. The lowest BCUT2D eigenvalue weighted by molar-refractivity contribution is -0.0523. The van der Waals surface area contributed by atoms with E-state index in [0.29, 0.717) is 24.4 Å². The summed E-state index contributed by atoms with van der Waals surface area (Å²) < 4.78 is 66.9. The first-order chi connectivity index (χ1) is 16.0. The molecule has 2 N–H and O–H groups in total. The molecule has 0 bridgehead atoms. The lowest BCUT2D eigenvalue weighted by Gasteiger charge is -2.39. The van der Waals surface area contributed by atoms with Crippen molar-refractivity contribution in [3.05, 3.63) is 18.2 Å². The average Bonchev–Trinajstić information content (AvgIpc) is 3.38. The molecule has 0 amide bonds. The topological polar surface area (TPSA) is 140 Å². The Labute approximate surface area is 193 Å². The summed E-state index contributed by atoms with van der Waals surface area (Å²) in [5.41, 5.74) is 0.149. The second-order valence-electron chi connectivity index (χ2n) is 9.06. The molecule has 2 fully saturated rings. The van der Waals surface area contributed by atoms with Gasteiger partial charge in [-0.3, -0.25) is 4.40 Å². The van der Waals surface area contributed by atoms with Crippen molar-refractivity contribution in [3.63, 3.8) is 0 Å². The number of halogens is 2. The number of anilines is 1. The van der Waals surface area contributed by atoms with E-state index < -0.39 is 27.9 Å². The Morgan fingerprint density at radius 3 is 2.47 bits per heavy atom. The fourth-order valence-electron chi connectivity index (χ4n) is 4.26. The first-order valence-electron chi connectivity index (χ1n) is 10.7. The van der Waals surface area contributed by atoms with E-state index in [1.165, 1.54) is 10.6 Å². The summed E-state index contributed by atoms with van der Waals surface area (Å²) >= 11 is 0. The van der Waals surface area contributed by atoms with E-state index in [1.54, 1.807) is 13.0 Å². The van der Waals surface area contributed by atoms with E-state index in [1.807, 2.05) is 18.7 Å². The molecule has 0 unspecified atom stereocenters. The fraction of sp³-hybridized carbons (Fsp3) is 0.579. The summed E-state index contributed by atoms with van der Waals surface area (Å²) in [4.78, 5) is 1.97. The molecule has 0 spiro atoms. The number of piperazine rings is 1. The van der Waals surface area contributed by atoms with Crippen molar-refractivity contribution in [3.8, 4) is 11.7 Å². The van der Waals surface area contributed by atoms with Gasteiger partial charge in [-0.05, 0) is 26.8 Å². The van der Waals surface area contributed by atoms with Crippen molar-refractivity contribution >= 4 is 21.4 Å². The number of ether oxygens (including phenoxy) is 1. The van der Waals surface area contributed by atoms with E-state index in [2.05, 4.69) is 30.4 Å². The van der Waals surface area contributed by atoms with Crippen LogP contribution in [-0.2, 0) is 14.8 Å². The molecular formula is C19H24F2N8O4S. The molecule has 3 aromatic rings. The van der Waals surface area contributed by atoms with Gasteiger partial charge in [0.1, 0.15) is 4.90 Å². The maximum Gasteiger partial charge on any atom is 0.314 e. The Morgan fingerprint density at radius 2 is 1.88 bits per heavy atom. The molecular weight excluding hydrogens is 474 g/mol. The van der Waals surface area contributed by atoms with Crippen LogP contribution >= 0.6 is 0 Å². The number of alkyl halides is 2. The predicted octanol–water partition coefficient (Wildman–Crippen LogP) is 0.971. The van der Waals surface area contributed by atoms with E-state index in [9.17, 15) is 17.2 Å². The van der Waals surface area contributed by atoms with Gasteiger partial charge in [0.2, 0.25) is 15.8 Å². The monoisotopic (exact) mass is 498 g/mol. The third kappa shape index (κ3) is 4.12. The molecule has 5 rings (SSSR count). The number of nitrogens with one attached hydrogen (secondary N) is 2. The van der Waals surface area contributed by atoms with Crippen molar-refractivity contribution in [1.82, 2.24) is 34.8 Å². The maximum atomic E-state index is 13.3. The number of hydrogen-bond acceptors (Lipinski definition) is 10. The van der Waals surface area contributed by atoms with Crippen LogP contribution in [0.25, 0.3) is 17.4 Å². The number of rotatable bonds is 6. The van der Waals surface area contributed by atoms with E-state index in [0.717, 1.165) is 0 Å². The Kier molecular flexibility index (Phi) is 5.54. The molecule has 2 saturated heterocycles. The summed E-state index contributed by atoms with van der Waals surface area (Å²) in [5, 5.41) is 18.7. The molecule has 2 aliphatic rings. The number of hydrogen-bond donors (Lipinski definition) is 2. The van der Waals surface area contributed by atoms with Crippen LogP contribution in [0.3, 0.4) is 0 Å². The number of sulfonamides is 1. The average molecular weight is 499 g/mol. The van der Waals surface area contributed by atoms with Gasteiger partial charge < -0.3 is 19.4 Å². The lowest BCUT2D eigenvalue weighted by atomic mass is 10.0. The second-order valence-corrected chi connectivity index (χ2v) is 10.7. The SMILES string of the molecule is C[C@H]1CN(c2cc(S(=O)(=O)NC3(C)COC3)cn3c(-c4nnc(C(F)F)o4)nnc23)C[C@H](C)N1. The number of aromatic nitrogens is 5. The van der Waals surface area contributed by atoms with E-state index >= 15 is 0 Å². The Bertz CT molecular complexity index is 1310. The largest absolute Gasteiger partial charge is 0.412 e. The highest BCUT2D eigenvalue weighted by Crippen LogP contribution is 2.31. The third-order valence-electron chi connectivity index (χ3n) is 5.71. The minimum absolute atomic E-state index is 0.0397. The van der Waals surface area contributed by atoms with Crippen molar-refractivity contribution in [2.24, 2.45) is 0 Å². The first kappa shape index (κ1) is 23.0. The van der Waals surface area contributed by atoms with Crippen LogP contribution in [0.15, 0.2) is 21.6 Å². The summed E-state index contributed by atoms with van der Waals surface area (Å²) in [6.07, 6.45) is -1.63. The summed E-state index contributed by atoms with van der Waals surface area (Å²) in [6.45, 7) is 7.51. The zero-order valence-electron chi connectivity index (χ0n) is 18.7. The molecule has 2 aliphatic heterocycles. The van der Waals surface area contributed by atoms with Gasteiger partial charge in [0.05, 0.1) is 24.4 Å². The van der Waals surface area contributed by atoms with Crippen molar-refractivity contribution in [2.45, 2.75) is 49.7 Å². The molecule has 3 aromatic heterocycles. The Hall–Kier alpha value is -2.75. The summed E-state index contributed by atoms with van der Waals surface area (Å²) in [5.74, 6) is -1.19. The van der Waals surface area contributed by atoms with Gasteiger partial charge in [0.15, 0.2) is 5.65 Å². The van der Waals surface area contributed by atoms with Gasteiger partial charge in [0, 0.05) is 31.4 Å². The summed E-state index contributed by atoms with van der Waals surface area (Å²) in [7, 11) is -3.98. The highest BCUT2D eigenvalue weighted by molar-refractivity contribution is 7.89. The van der Waals surface area contributed by atoms with Crippen LogP contribution in [-0.4, -0.2) is 77.1 Å². The standard InChI is InChI=1S/C19H24F2N8O4S/c1-10-5-28(6-11(2)22-10)13-4-12(34(30,31)27-19(3)8-32-9-19)7-29-15(13)23-24-16(29)18-26-25-17(33-18)14(20)21/h4,7,10-11,14,22,27H,5-6,8-9H2,1-3H3/t10-,11-/m0/s1. The second kappa shape index (κ2) is 8.18. The zero-order valence-corrected chi connectivity index (χ0v) is 19.5.